The number of amides is 1. The van der Waals surface area contributed by atoms with Crippen molar-refractivity contribution >= 4 is 23.4 Å². The largest absolute Gasteiger partial charge is 0.466 e. The van der Waals surface area contributed by atoms with Gasteiger partial charge in [0.2, 0.25) is 0 Å². The maximum Gasteiger partial charge on any atom is 0.411 e. The molecule has 2 aromatic rings. The number of nitrogens with one attached hydrogen (secondary N) is 1. The predicted octanol–water partition coefficient (Wildman–Crippen LogP) is 3.96. The molecular weight excluding hydrogens is 394 g/mol. The highest BCUT2D eigenvalue weighted by Crippen LogP contribution is 2.53. The lowest BCUT2D eigenvalue weighted by molar-refractivity contribution is -0.145. The van der Waals surface area contributed by atoms with Crippen molar-refractivity contribution in [1.29, 1.82) is 0 Å². The highest BCUT2D eigenvalue weighted by molar-refractivity contribution is 5.85. The third-order valence-electron chi connectivity index (χ3n) is 5.55. The zero-order chi connectivity index (χ0) is 21.3. The molecule has 8 heteroatoms. The van der Waals surface area contributed by atoms with E-state index in [0.717, 1.165) is 17.7 Å². The van der Waals surface area contributed by atoms with E-state index in [-0.39, 0.29) is 41.7 Å². The number of benzene rings is 2. The fraction of sp³-hybridized carbons (Fsp3) is 0.364. The van der Waals surface area contributed by atoms with E-state index < -0.39 is 17.7 Å². The van der Waals surface area contributed by atoms with Gasteiger partial charge in [0.15, 0.2) is 11.6 Å². The van der Waals surface area contributed by atoms with Crippen LogP contribution in [0.1, 0.15) is 12.5 Å². The van der Waals surface area contributed by atoms with Crippen molar-refractivity contribution in [3.8, 4) is 0 Å². The first kappa shape index (κ1) is 20.1. The van der Waals surface area contributed by atoms with Gasteiger partial charge in [-0.1, -0.05) is 30.3 Å². The third-order valence-corrected chi connectivity index (χ3v) is 5.55. The summed E-state index contributed by atoms with van der Waals surface area (Å²) in [6.07, 6.45) is -0.801. The van der Waals surface area contributed by atoms with E-state index in [1.807, 2.05) is 18.2 Å². The van der Waals surface area contributed by atoms with E-state index in [0.29, 0.717) is 19.7 Å². The van der Waals surface area contributed by atoms with Gasteiger partial charge < -0.3 is 14.4 Å². The molecule has 1 N–H and O–H groups in total. The van der Waals surface area contributed by atoms with Gasteiger partial charge in [-0.25, -0.2) is 13.6 Å². The first-order chi connectivity index (χ1) is 14.5. The van der Waals surface area contributed by atoms with Gasteiger partial charge in [0.25, 0.3) is 0 Å². The zero-order valence-electron chi connectivity index (χ0n) is 16.4. The Bertz CT molecular complexity index is 918. The second-order valence-electron chi connectivity index (χ2n) is 7.49. The van der Waals surface area contributed by atoms with Crippen LogP contribution in [0.4, 0.5) is 25.0 Å². The molecule has 2 fully saturated rings. The van der Waals surface area contributed by atoms with Crippen LogP contribution in [-0.2, 0) is 20.9 Å². The number of halogens is 2. The van der Waals surface area contributed by atoms with E-state index in [9.17, 15) is 18.4 Å². The molecule has 6 nitrogen and oxygen atoms in total. The number of carbonyl (C=O) groups is 2. The van der Waals surface area contributed by atoms with Crippen molar-refractivity contribution in [2.24, 2.45) is 17.8 Å². The van der Waals surface area contributed by atoms with Crippen molar-refractivity contribution in [2.45, 2.75) is 13.5 Å². The SMILES string of the molecule is CCOC(=O)C1C2CN(c3c(F)cc(NC(=O)OCc4ccccc4)cc3F)CC21. The smallest absolute Gasteiger partial charge is 0.411 e. The molecule has 4 rings (SSSR count). The minimum atomic E-state index is -0.801. The Balaban J connectivity index is 1.35. The number of esters is 1. The van der Waals surface area contributed by atoms with Crippen molar-refractivity contribution in [2.75, 3.05) is 29.9 Å². The molecule has 0 spiro atoms. The minimum Gasteiger partial charge on any atom is -0.466 e. The topological polar surface area (TPSA) is 67.9 Å². The van der Waals surface area contributed by atoms with Gasteiger partial charge in [-0.05, 0) is 36.5 Å². The van der Waals surface area contributed by atoms with Crippen LogP contribution in [0.3, 0.4) is 0 Å². The fourth-order valence-electron chi connectivity index (χ4n) is 4.11. The van der Waals surface area contributed by atoms with Gasteiger partial charge in [-0.15, -0.1) is 0 Å². The van der Waals surface area contributed by atoms with Crippen molar-refractivity contribution < 1.29 is 27.8 Å². The molecular formula is C22H22F2N2O4. The standard InChI is InChI=1S/C22H22F2N2O4/c1-2-29-21(27)19-15-10-26(11-16(15)19)20-17(23)8-14(9-18(20)24)25-22(28)30-12-13-6-4-3-5-7-13/h3-9,15-16,19H,2,10-12H2,1H3,(H,25,28). The number of ether oxygens (including phenoxy) is 2. The summed E-state index contributed by atoms with van der Waals surface area (Å²) in [6, 6.07) is 11.2. The molecule has 158 valence electrons. The van der Waals surface area contributed by atoms with Gasteiger partial charge in [-0.3, -0.25) is 10.1 Å². The first-order valence-corrected chi connectivity index (χ1v) is 9.86. The van der Waals surface area contributed by atoms with Crippen LogP contribution in [0.25, 0.3) is 0 Å². The number of rotatable bonds is 6. The molecule has 2 atom stereocenters. The summed E-state index contributed by atoms with van der Waals surface area (Å²) < 4.78 is 39.3. The third kappa shape index (κ3) is 4.08. The van der Waals surface area contributed by atoms with E-state index in [1.165, 1.54) is 0 Å². The van der Waals surface area contributed by atoms with Gasteiger partial charge >= 0.3 is 12.1 Å². The fourth-order valence-corrected chi connectivity index (χ4v) is 4.11. The monoisotopic (exact) mass is 416 g/mol. The lowest BCUT2D eigenvalue weighted by Gasteiger charge is -2.23. The Kier molecular flexibility index (Phi) is 5.57. The molecule has 1 aliphatic carbocycles. The number of hydrogen-bond acceptors (Lipinski definition) is 5. The molecule has 30 heavy (non-hydrogen) atoms. The molecule has 0 aromatic heterocycles. The van der Waals surface area contributed by atoms with Crippen LogP contribution < -0.4 is 10.2 Å². The van der Waals surface area contributed by atoms with Crippen LogP contribution in [0.5, 0.6) is 0 Å². The van der Waals surface area contributed by atoms with Crippen LogP contribution >= 0.6 is 0 Å². The van der Waals surface area contributed by atoms with Gasteiger partial charge in [0, 0.05) is 18.8 Å². The summed E-state index contributed by atoms with van der Waals surface area (Å²) in [6.45, 7) is 2.92. The molecule has 1 aliphatic heterocycles. The maximum atomic E-state index is 14.6. The Morgan fingerprint density at radius 2 is 1.70 bits per heavy atom. The first-order valence-electron chi connectivity index (χ1n) is 9.86. The molecule has 1 saturated carbocycles. The van der Waals surface area contributed by atoms with E-state index in [2.05, 4.69) is 5.32 Å². The number of anilines is 2. The van der Waals surface area contributed by atoms with Crippen LogP contribution in [0.15, 0.2) is 42.5 Å². The average molecular weight is 416 g/mol. The second-order valence-corrected chi connectivity index (χ2v) is 7.49. The van der Waals surface area contributed by atoms with Gasteiger partial charge in [-0.2, -0.15) is 0 Å². The minimum absolute atomic E-state index is 0.0273. The molecule has 1 heterocycles. The summed E-state index contributed by atoms with van der Waals surface area (Å²) in [4.78, 5) is 25.4. The summed E-state index contributed by atoms with van der Waals surface area (Å²) in [5, 5.41) is 2.34. The Morgan fingerprint density at radius 3 is 2.30 bits per heavy atom. The summed E-state index contributed by atoms with van der Waals surface area (Å²) in [7, 11) is 0. The van der Waals surface area contributed by atoms with Gasteiger partial charge in [0.1, 0.15) is 12.3 Å². The molecule has 1 amide bonds. The van der Waals surface area contributed by atoms with Gasteiger partial charge in [0.05, 0.1) is 12.5 Å². The molecule has 0 radical (unpaired) electrons. The van der Waals surface area contributed by atoms with E-state index in [1.54, 1.807) is 24.0 Å². The highest BCUT2D eigenvalue weighted by Gasteiger charge is 2.60. The maximum absolute atomic E-state index is 14.6. The van der Waals surface area contributed by atoms with Crippen LogP contribution in [0.2, 0.25) is 0 Å². The molecule has 1 saturated heterocycles. The van der Waals surface area contributed by atoms with Crippen molar-refractivity contribution in [1.82, 2.24) is 0 Å². The molecule has 0 bridgehead atoms. The quantitative estimate of drug-likeness (QED) is 0.722. The Hall–Kier alpha value is -3.16. The average Bonchev–Trinajstić information content (AvgIpc) is 3.22. The molecule has 2 unspecified atom stereocenters. The van der Waals surface area contributed by atoms with Crippen molar-refractivity contribution in [3.63, 3.8) is 0 Å². The summed E-state index contributed by atoms with van der Waals surface area (Å²) >= 11 is 0. The number of piperidine rings is 1. The second kappa shape index (κ2) is 8.30. The zero-order valence-corrected chi connectivity index (χ0v) is 16.4. The Morgan fingerprint density at radius 1 is 1.07 bits per heavy atom. The predicted molar refractivity (Wildman–Crippen MR) is 106 cm³/mol. The molecule has 2 aliphatic rings. The van der Waals surface area contributed by atoms with E-state index in [4.69, 9.17) is 9.47 Å². The number of carbonyl (C=O) groups excluding carboxylic acids is 2. The summed E-state index contributed by atoms with van der Waals surface area (Å²) in [5.74, 6) is -1.83. The summed E-state index contributed by atoms with van der Waals surface area (Å²) in [5.41, 5.74) is 0.627. The lowest BCUT2D eigenvalue weighted by atomic mass is 10.2. The lowest BCUT2D eigenvalue weighted by Crippen LogP contribution is -2.28. The normalized spacial score (nSPS) is 21.7. The number of nitrogens with zero attached hydrogens (tertiary/aromatic N) is 1. The van der Waals surface area contributed by atoms with Crippen LogP contribution in [-0.4, -0.2) is 31.8 Å². The van der Waals surface area contributed by atoms with Crippen LogP contribution in [0, 0.1) is 29.4 Å². The Labute approximate surface area is 172 Å². The number of fused-ring (bicyclic) bond motifs is 1. The van der Waals surface area contributed by atoms with Crippen molar-refractivity contribution in [3.05, 3.63) is 59.7 Å². The highest BCUT2D eigenvalue weighted by atomic mass is 19.1. The number of hydrogen-bond donors (Lipinski definition) is 1. The van der Waals surface area contributed by atoms with E-state index >= 15 is 0 Å². The molecule has 2 aromatic carbocycles.